The molecule has 1 amide bonds. The van der Waals surface area contributed by atoms with Gasteiger partial charge in [0.25, 0.3) is 0 Å². The number of carbonyl (C=O) groups is 1. The molecule has 0 aliphatic heterocycles. The molecule has 4 rings (SSSR count). The van der Waals surface area contributed by atoms with Crippen LogP contribution in [0.5, 0.6) is 0 Å². The molecule has 0 saturated heterocycles. The first kappa shape index (κ1) is 29.0. The molecule has 0 unspecified atom stereocenters. The van der Waals surface area contributed by atoms with Crippen molar-refractivity contribution in [2.24, 2.45) is 0 Å². The van der Waals surface area contributed by atoms with Gasteiger partial charge in [-0.1, -0.05) is 12.1 Å². The fourth-order valence-corrected chi connectivity index (χ4v) is 7.47. The van der Waals surface area contributed by atoms with E-state index in [0.29, 0.717) is 28.8 Å². The third-order valence-electron chi connectivity index (χ3n) is 6.29. The molecule has 210 valence electrons. The smallest absolute Gasteiger partial charge is 0.433 e. The Morgan fingerprint density at radius 3 is 2.31 bits per heavy atom. The molecule has 1 aromatic carbocycles. The quantitative estimate of drug-likeness (QED) is 0.315. The lowest BCUT2D eigenvalue weighted by atomic mass is 9.86. The predicted molar refractivity (Wildman–Crippen MR) is 142 cm³/mol. The third kappa shape index (κ3) is 7.14. The summed E-state index contributed by atoms with van der Waals surface area (Å²) < 4.78 is 69.4. The van der Waals surface area contributed by atoms with Crippen molar-refractivity contribution >= 4 is 27.5 Å². The summed E-state index contributed by atoms with van der Waals surface area (Å²) in [4.78, 5) is 19.4. The fraction of sp³-hybridized carbons (Fsp3) is 0.423. The summed E-state index contributed by atoms with van der Waals surface area (Å²) in [5.74, 6) is 0.125. The average Bonchev–Trinajstić information content (AvgIpc) is 3.32. The second kappa shape index (κ2) is 10.9. The Bertz CT molecular complexity index is 1460. The first-order valence-electron chi connectivity index (χ1n) is 12.3. The van der Waals surface area contributed by atoms with Crippen LogP contribution in [0.3, 0.4) is 0 Å². The standard InChI is InChI=1S/C26H29F3N4O4S2/c1-25(2,3)33-39(36,37)21-12-16(17-10-11-30-22(13-17)26(27,28)29)6-9-19(21)20-14-31-23(38-20)15-4-7-18(8-5-15)32-24(34)35/h6,9-15,18,32-33H,4-5,7-8H2,1-3H3,(H,34,35). The Morgan fingerprint density at radius 1 is 1.03 bits per heavy atom. The number of halogens is 3. The Morgan fingerprint density at radius 2 is 1.69 bits per heavy atom. The van der Waals surface area contributed by atoms with E-state index in [2.05, 4.69) is 20.0 Å². The lowest BCUT2D eigenvalue weighted by molar-refractivity contribution is -0.141. The number of thiazole rings is 1. The number of carboxylic acid groups (broad SMARTS) is 1. The SMILES string of the molecule is CC(C)(C)NS(=O)(=O)c1cc(-c2ccnc(C(F)(F)F)c2)ccc1-c1cnc(C2CCC(NC(=O)O)CC2)s1. The van der Waals surface area contributed by atoms with Crippen LogP contribution in [-0.4, -0.2) is 41.2 Å². The second-order valence-electron chi connectivity index (χ2n) is 10.6. The minimum Gasteiger partial charge on any atom is -0.465 e. The van der Waals surface area contributed by atoms with Crippen molar-refractivity contribution in [3.63, 3.8) is 0 Å². The minimum atomic E-state index is -4.64. The van der Waals surface area contributed by atoms with Crippen LogP contribution in [0, 0.1) is 0 Å². The van der Waals surface area contributed by atoms with Crippen LogP contribution in [0.1, 0.15) is 63.1 Å². The van der Waals surface area contributed by atoms with Gasteiger partial charge in [0, 0.05) is 35.5 Å². The predicted octanol–water partition coefficient (Wildman–Crippen LogP) is 6.26. The molecule has 0 bridgehead atoms. The summed E-state index contributed by atoms with van der Waals surface area (Å²) in [5.41, 5.74) is -0.983. The van der Waals surface area contributed by atoms with Gasteiger partial charge in [0.05, 0.1) is 14.8 Å². The molecule has 8 nitrogen and oxygen atoms in total. The van der Waals surface area contributed by atoms with E-state index in [4.69, 9.17) is 5.11 Å². The summed E-state index contributed by atoms with van der Waals surface area (Å²) >= 11 is 1.36. The summed E-state index contributed by atoms with van der Waals surface area (Å²) in [6, 6.07) is 6.74. The van der Waals surface area contributed by atoms with Gasteiger partial charge in [0.15, 0.2) is 0 Å². The number of pyridine rings is 1. The number of amides is 1. The molecule has 0 atom stereocenters. The zero-order valence-electron chi connectivity index (χ0n) is 21.5. The van der Waals surface area contributed by atoms with Gasteiger partial charge in [-0.05, 0) is 75.8 Å². The van der Waals surface area contributed by atoms with Crippen LogP contribution in [0.15, 0.2) is 47.6 Å². The molecule has 0 spiro atoms. The van der Waals surface area contributed by atoms with Gasteiger partial charge >= 0.3 is 12.3 Å². The molecule has 1 aliphatic carbocycles. The number of nitrogens with zero attached hydrogens (tertiary/aromatic N) is 2. The van der Waals surface area contributed by atoms with Crippen LogP contribution in [0.4, 0.5) is 18.0 Å². The maximum absolute atomic E-state index is 13.5. The van der Waals surface area contributed by atoms with Gasteiger partial charge in [-0.15, -0.1) is 11.3 Å². The summed E-state index contributed by atoms with van der Waals surface area (Å²) in [7, 11) is -4.07. The number of hydrogen-bond acceptors (Lipinski definition) is 6. The molecule has 3 N–H and O–H groups in total. The highest BCUT2D eigenvalue weighted by Crippen LogP contribution is 2.40. The summed E-state index contributed by atoms with van der Waals surface area (Å²) in [6.45, 7) is 5.10. The van der Waals surface area contributed by atoms with E-state index < -0.39 is 33.5 Å². The minimum absolute atomic E-state index is 0.0649. The molecule has 1 fully saturated rings. The highest BCUT2D eigenvalue weighted by molar-refractivity contribution is 7.89. The average molecular weight is 583 g/mol. The number of nitrogens with one attached hydrogen (secondary N) is 2. The topological polar surface area (TPSA) is 121 Å². The Hall–Kier alpha value is -3.03. The lowest BCUT2D eigenvalue weighted by Crippen LogP contribution is -2.40. The van der Waals surface area contributed by atoms with Crippen LogP contribution in [-0.2, 0) is 16.2 Å². The zero-order chi connectivity index (χ0) is 28.6. The molecule has 39 heavy (non-hydrogen) atoms. The molecule has 3 aromatic rings. The maximum atomic E-state index is 13.5. The van der Waals surface area contributed by atoms with Gasteiger partial charge < -0.3 is 10.4 Å². The molecule has 2 aromatic heterocycles. The fourth-order valence-electron chi connectivity index (χ4n) is 4.61. The second-order valence-corrected chi connectivity index (χ2v) is 13.3. The number of hydrogen-bond donors (Lipinski definition) is 3. The zero-order valence-corrected chi connectivity index (χ0v) is 23.2. The van der Waals surface area contributed by atoms with E-state index in [1.165, 1.54) is 23.5 Å². The Balaban J connectivity index is 1.71. The van der Waals surface area contributed by atoms with Crippen molar-refractivity contribution < 1.29 is 31.5 Å². The van der Waals surface area contributed by atoms with Crippen molar-refractivity contribution in [1.29, 1.82) is 0 Å². The van der Waals surface area contributed by atoms with Crippen molar-refractivity contribution in [3.05, 3.63) is 53.4 Å². The van der Waals surface area contributed by atoms with Crippen molar-refractivity contribution in [2.75, 3.05) is 0 Å². The van der Waals surface area contributed by atoms with E-state index in [1.54, 1.807) is 39.1 Å². The summed E-state index contributed by atoms with van der Waals surface area (Å²) in [5, 5.41) is 12.3. The monoisotopic (exact) mass is 582 g/mol. The van der Waals surface area contributed by atoms with Gasteiger partial charge in [-0.2, -0.15) is 13.2 Å². The molecule has 0 radical (unpaired) electrons. The van der Waals surface area contributed by atoms with Crippen LogP contribution < -0.4 is 10.0 Å². The highest BCUT2D eigenvalue weighted by Gasteiger charge is 2.33. The molecule has 1 aliphatic rings. The maximum Gasteiger partial charge on any atom is 0.433 e. The first-order valence-corrected chi connectivity index (χ1v) is 14.6. The summed E-state index contributed by atoms with van der Waals surface area (Å²) in [6.07, 6.45) is -0.166. The number of alkyl halides is 3. The number of sulfonamides is 1. The van der Waals surface area contributed by atoms with Crippen LogP contribution >= 0.6 is 11.3 Å². The van der Waals surface area contributed by atoms with Crippen molar-refractivity contribution in [3.8, 4) is 21.6 Å². The highest BCUT2D eigenvalue weighted by atomic mass is 32.2. The van der Waals surface area contributed by atoms with E-state index >= 15 is 0 Å². The molecular weight excluding hydrogens is 553 g/mol. The lowest BCUT2D eigenvalue weighted by Gasteiger charge is -2.27. The number of rotatable bonds is 6. The normalized spacial score (nSPS) is 18.6. The van der Waals surface area contributed by atoms with Crippen LogP contribution in [0.25, 0.3) is 21.6 Å². The van der Waals surface area contributed by atoms with E-state index in [0.717, 1.165) is 30.1 Å². The van der Waals surface area contributed by atoms with E-state index in [-0.39, 0.29) is 22.4 Å². The first-order chi connectivity index (χ1) is 18.1. The van der Waals surface area contributed by atoms with Gasteiger partial charge in [-0.3, -0.25) is 4.98 Å². The Labute approximate surface area is 228 Å². The molecule has 1 saturated carbocycles. The number of benzene rings is 1. The van der Waals surface area contributed by atoms with Crippen molar-refractivity contribution in [1.82, 2.24) is 20.0 Å². The molecule has 2 heterocycles. The van der Waals surface area contributed by atoms with Crippen LogP contribution in [0.2, 0.25) is 0 Å². The largest absolute Gasteiger partial charge is 0.465 e. The molecular formula is C26H29F3N4O4S2. The Kier molecular flexibility index (Phi) is 8.06. The molecule has 13 heteroatoms. The van der Waals surface area contributed by atoms with E-state index in [9.17, 15) is 26.4 Å². The third-order valence-corrected chi connectivity index (χ3v) is 9.28. The van der Waals surface area contributed by atoms with Gasteiger partial charge in [0.1, 0.15) is 5.69 Å². The van der Waals surface area contributed by atoms with Crippen molar-refractivity contribution in [2.45, 2.75) is 75.0 Å². The van der Waals surface area contributed by atoms with Gasteiger partial charge in [0.2, 0.25) is 10.0 Å². The number of aromatic nitrogens is 2. The van der Waals surface area contributed by atoms with E-state index in [1.807, 2.05) is 0 Å². The van der Waals surface area contributed by atoms with Gasteiger partial charge in [-0.25, -0.2) is 22.9 Å².